The SMILES string of the molecule is CC.Cn1c(CN2CCCCC2)nc2c(N3CCOCC3)cc(NN)nc21. The van der Waals surface area contributed by atoms with Gasteiger partial charge in [-0.05, 0) is 25.9 Å². The number of hydrogen-bond acceptors (Lipinski definition) is 7. The molecule has 150 valence electrons. The van der Waals surface area contributed by atoms with Gasteiger partial charge >= 0.3 is 0 Å². The number of nitrogens with one attached hydrogen (secondary N) is 1. The van der Waals surface area contributed by atoms with E-state index in [0.717, 1.165) is 68.6 Å². The molecule has 0 amide bonds. The fraction of sp³-hybridized carbons (Fsp3) is 0.684. The zero-order valence-electron chi connectivity index (χ0n) is 16.9. The number of hydrogen-bond donors (Lipinski definition) is 2. The van der Waals surface area contributed by atoms with Gasteiger partial charge in [-0.3, -0.25) is 4.90 Å². The Bertz CT molecular complexity index is 733. The van der Waals surface area contributed by atoms with Gasteiger partial charge in [-0.15, -0.1) is 0 Å². The molecule has 8 nitrogen and oxygen atoms in total. The second-order valence-electron chi connectivity index (χ2n) is 6.87. The van der Waals surface area contributed by atoms with Crippen LogP contribution in [-0.4, -0.2) is 58.8 Å². The maximum Gasteiger partial charge on any atom is 0.164 e. The van der Waals surface area contributed by atoms with Crippen molar-refractivity contribution in [3.8, 4) is 0 Å². The highest BCUT2D eigenvalue weighted by Crippen LogP contribution is 2.29. The van der Waals surface area contributed by atoms with Crippen molar-refractivity contribution in [3.63, 3.8) is 0 Å². The van der Waals surface area contributed by atoms with Gasteiger partial charge in [-0.1, -0.05) is 20.3 Å². The van der Waals surface area contributed by atoms with Crippen molar-refractivity contribution in [1.82, 2.24) is 19.4 Å². The van der Waals surface area contributed by atoms with Gasteiger partial charge in [0.25, 0.3) is 0 Å². The summed E-state index contributed by atoms with van der Waals surface area (Å²) in [5.74, 6) is 7.38. The van der Waals surface area contributed by atoms with E-state index in [4.69, 9.17) is 15.6 Å². The Morgan fingerprint density at radius 2 is 1.78 bits per heavy atom. The first-order valence-electron chi connectivity index (χ1n) is 10.1. The number of aryl methyl sites for hydroxylation is 1. The third kappa shape index (κ3) is 4.34. The van der Waals surface area contributed by atoms with E-state index in [1.54, 1.807) is 0 Å². The van der Waals surface area contributed by atoms with E-state index in [0.29, 0.717) is 5.82 Å². The Morgan fingerprint density at radius 1 is 1.07 bits per heavy atom. The van der Waals surface area contributed by atoms with Crippen molar-refractivity contribution in [2.24, 2.45) is 12.9 Å². The van der Waals surface area contributed by atoms with Crippen LogP contribution >= 0.6 is 0 Å². The van der Waals surface area contributed by atoms with Crippen molar-refractivity contribution in [3.05, 3.63) is 11.9 Å². The fourth-order valence-corrected chi connectivity index (χ4v) is 3.76. The van der Waals surface area contributed by atoms with Crippen molar-refractivity contribution in [1.29, 1.82) is 0 Å². The second kappa shape index (κ2) is 9.34. The summed E-state index contributed by atoms with van der Waals surface area (Å²) in [5, 5.41) is 0. The summed E-state index contributed by atoms with van der Waals surface area (Å²) < 4.78 is 7.60. The molecule has 2 aliphatic rings. The van der Waals surface area contributed by atoms with Crippen molar-refractivity contribution >= 4 is 22.7 Å². The molecule has 2 saturated heterocycles. The van der Waals surface area contributed by atoms with Crippen LogP contribution in [0.25, 0.3) is 11.2 Å². The number of nitrogens with zero attached hydrogens (tertiary/aromatic N) is 5. The molecule has 0 aromatic carbocycles. The summed E-state index contributed by atoms with van der Waals surface area (Å²) in [6.07, 6.45) is 3.90. The summed E-state index contributed by atoms with van der Waals surface area (Å²) in [4.78, 5) is 14.4. The number of nitrogens with two attached hydrogens (primary N) is 1. The minimum Gasteiger partial charge on any atom is -0.378 e. The zero-order chi connectivity index (χ0) is 19.2. The summed E-state index contributed by atoms with van der Waals surface area (Å²) in [7, 11) is 2.05. The average Bonchev–Trinajstić information content (AvgIpc) is 3.05. The number of rotatable bonds is 4. The van der Waals surface area contributed by atoms with Crippen molar-refractivity contribution < 1.29 is 4.74 Å². The number of pyridine rings is 1. The Balaban J connectivity index is 0.00000102. The predicted molar refractivity (Wildman–Crippen MR) is 110 cm³/mol. The lowest BCUT2D eigenvalue weighted by Gasteiger charge is -2.29. The van der Waals surface area contributed by atoms with Crippen LogP contribution in [0, 0.1) is 0 Å². The topological polar surface area (TPSA) is 84.5 Å². The molecule has 3 N–H and O–H groups in total. The second-order valence-corrected chi connectivity index (χ2v) is 6.87. The molecule has 4 heterocycles. The summed E-state index contributed by atoms with van der Waals surface area (Å²) in [5.41, 5.74) is 5.61. The smallest absolute Gasteiger partial charge is 0.164 e. The maximum atomic E-state index is 5.65. The first-order chi connectivity index (χ1) is 13.3. The van der Waals surface area contributed by atoms with Crippen LogP contribution < -0.4 is 16.2 Å². The Kier molecular flexibility index (Phi) is 6.87. The normalized spacial score (nSPS) is 18.3. The molecule has 2 fully saturated rings. The highest BCUT2D eigenvalue weighted by atomic mass is 16.5. The predicted octanol–water partition coefficient (Wildman–Crippen LogP) is 2.10. The van der Waals surface area contributed by atoms with Gasteiger partial charge in [0.15, 0.2) is 5.65 Å². The number of morpholine rings is 1. The lowest BCUT2D eigenvalue weighted by Crippen LogP contribution is -2.36. The number of hydrazine groups is 1. The van der Waals surface area contributed by atoms with Gasteiger partial charge < -0.3 is 19.6 Å². The van der Waals surface area contributed by atoms with Gasteiger partial charge in [-0.25, -0.2) is 15.8 Å². The molecule has 2 aliphatic heterocycles. The van der Waals surface area contributed by atoms with Crippen LogP contribution in [-0.2, 0) is 18.3 Å². The molecule has 2 aromatic heterocycles. The lowest BCUT2D eigenvalue weighted by atomic mass is 10.1. The number of imidazole rings is 1. The molecule has 0 radical (unpaired) electrons. The van der Waals surface area contributed by atoms with Gasteiger partial charge in [0.1, 0.15) is 17.2 Å². The summed E-state index contributed by atoms with van der Waals surface area (Å²) in [6, 6.07) is 1.99. The highest BCUT2D eigenvalue weighted by molar-refractivity contribution is 5.89. The molecule has 27 heavy (non-hydrogen) atoms. The number of piperidine rings is 1. The third-order valence-electron chi connectivity index (χ3n) is 5.21. The summed E-state index contributed by atoms with van der Waals surface area (Å²) in [6.45, 7) is 10.4. The fourth-order valence-electron chi connectivity index (χ4n) is 3.76. The first kappa shape index (κ1) is 19.9. The van der Waals surface area contributed by atoms with E-state index in [1.165, 1.54) is 19.3 Å². The molecule has 0 spiro atoms. The van der Waals surface area contributed by atoms with Crippen molar-refractivity contribution in [2.75, 3.05) is 49.7 Å². The minimum absolute atomic E-state index is 0.668. The van der Waals surface area contributed by atoms with Crippen LogP contribution in [0.1, 0.15) is 38.9 Å². The van der Waals surface area contributed by atoms with Crippen LogP contribution in [0.15, 0.2) is 6.07 Å². The van der Waals surface area contributed by atoms with Gasteiger partial charge in [0.2, 0.25) is 0 Å². The van der Waals surface area contributed by atoms with Crippen LogP contribution in [0.4, 0.5) is 11.5 Å². The molecule has 0 bridgehead atoms. The molecule has 0 saturated carbocycles. The molecule has 0 unspecified atom stereocenters. The molecule has 4 rings (SSSR count). The highest BCUT2D eigenvalue weighted by Gasteiger charge is 2.21. The molecular formula is C19H33N7O. The number of likely N-dealkylation sites (tertiary alicyclic amines) is 1. The number of nitrogen functional groups attached to an aromatic ring is 1. The average molecular weight is 376 g/mol. The number of anilines is 2. The van der Waals surface area contributed by atoms with Crippen LogP contribution in [0.5, 0.6) is 0 Å². The number of fused-ring (bicyclic) bond motifs is 1. The molecular weight excluding hydrogens is 342 g/mol. The first-order valence-corrected chi connectivity index (χ1v) is 10.1. The van der Waals surface area contributed by atoms with Gasteiger partial charge in [0.05, 0.1) is 25.4 Å². The standard InChI is InChI=1S/C17H27N7O.C2H6/c1-22-15(12-23-5-3-2-4-6-23)20-16-13(24-7-9-25-10-8-24)11-14(21-18)19-17(16)22;1-2/h11H,2-10,12,18H2,1H3,(H,19,21);1-2H3. The maximum absolute atomic E-state index is 5.65. The van der Waals surface area contributed by atoms with Gasteiger partial charge in [0, 0.05) is 26.2 Å². The van der Waals surface area contributed by atoms with E-state index in [1.807, 2.05) is 27.0 Å². The van der Waals surface area contributed by atoms with E-state index in [-0.39, 0.29) is 0 Å². The van der Waals surface area contributed by atoms with Gasteiger partial charge in [-0.2, -0.15) is 0 Å². The third-order valence-corrected chi connectivity index (χ3v) is 5.21. The molecule has 2 aromatic rings. The van der Waals surface area contributed by atoms with Crippen LogP contribution in [0.3, 0.4) is 0 Å². The minimum atomic E-state index is 0.668. The monoisotopic (exact) mass is 375 g/mol. The number of aromatic nitrogens is 3. The van der Waals surface area contributed by atoms with E-state index in [9.17, 15) is 0 Å². The molecule has 0 aliphatic carbocycles. The molecule has 0 atom stereocenters. The Labute approximate surface area is 161 Å². The lowest BCUT2D eigenvalue weighted by molar-refractivity contribution is 0.123. The zero-order valence-corrected chi connectivity index (χ0v) is 16.9. The Hall–Kier alpha value is -1.90. The van der Waals surface area contributed by atoms with E-state index in [2.05, 4.69) is 24.8 Å². The molecule has 8 heteroatoms. The largest absolute Gasteiger partial charge is 0.378 e. The quantitative estimate of drug-likeness (QED) is 0.625. The summed E-state index contributed by atoms with van der Waals surface area (Å²) >= 11 is 0. The van der Waals surface area contributed by atoms with Crippen LogP contribution in [0.2, 0.25) is 0 Å². The number of ether oxygens (including phenoxy) is 1. The van der Waals surface area contributed by atoms with E-state index < -0.39 is 0 Å². The van der Waals surface area contributed by atoms with E-state index >= 15 is 0 Å². The Morgan fingerprint density at radius 3 is 2.44 bits per heavy atom. The van der Waals surface area contributed by atoms with Crippen molar-refractivity contribution in [2.45, 2.75) is 39.7 Å².